The standard InChI is InChI=1S/C21H21OS.C21H29S.C19H17OS.C19H17S.C12H27S.C3H9S/c1-16-14-20(15-17(2)21(16)22-3)23(18-10-6-4-7-11-18)19-12-8-5-9-13-19;1-20(2,3)16-8-12-18(13-9-16)22(7)19-14-10-17(11-15-19)21(4,5)6;1-20-16-12-14-19(15-13-16)21(17-8-4-2-5-9-17)18-10-6-3-7-11-18;1-16-10-8-9-15-19(16)20(17-11-4-2-5-12-17)18-13-6-3-7-14-18;1-4-7-10-13(11-8-5-2)12-9-6-3;1-4(2)3/h4-15H,1-3H3;8-15H,1-7H3;2-15H,1H3;2-15H,1H3;4-12H2,1-3H3;1-3H3/q6*+1. The van der Waals surface area contributed by atoms with E-state index in [2.05, 4.69) is 387 Å². The lowest BCUT2D eigenvalue weighted by atomic mass is 9.87. The van der Waals surface area contributed by atoms with Gasteiger partial charge in [0.05, 0.1) is 76.6 Å². The second-order valence-corrected chi connectivity index (χ2v) is 40.8. The van der Waals surface area contributed by atoms with Gasteiger partial charge in [0.2, 0.25) is 0 Å². The first-order valence-electron chi connectivity index (χ1n) is 36.5. The molecule has 0 atom stereocenters. The molecule has 0 amide bonds. The third-order valence-corrected chi connectivity index (χ3v) is 28.2. The van der Waals surface area contributed by atoms with Crippen LogP contribution >= 0.6 is 0 Å². The highest BCUT2D eigenvalue weighted by atomic mass is 32.2. The van der Waals surface area contributed by atoms with E-state index in [0.717, 1.165) is 22.4 Å². The van der Waals surface area contributed by atoms with Crippen molar-refractivity contribution in [3.8, 4) is 11.5 Å². The van der Waals surface area contributed by atoms with Gasteiger partial charge < -0.3 is 9.47 Å². The highest BCUT2D eigenvalue weighted by molar-refractivity contribution is 7.98. The number of aryl methyl sites for hydroxylation is 3. The number of unbranched alkanes of at least 4 members (excludes halogenated alkanes) is 3. The second-order valence-electron chi connectivity index (χ2n) is 27.9. The van der Waals surface area contributed by atoms with Gasteiger partial charge in [0.25, 0.3) is 0 Å². The number of methoxy groups -OCH3 is 2. The molecule has 103 heavy (non-hydrogen) atoms. The minimum absolute atomic E-state index is 0.0262. The van der Waals surface area contributed by atoms with Crippen LogP contribution in [0.25, 0.3) is 0 Å². The van der Waals surface area contributed by atoms with Crippen molar-refractivity contribution in [1.82, 2.24) is 0 Å². The lowest BCUT2D eigenvalue weighted by molar-refractivity contribution is 0.408. The molecular weight excluding hydrogens is 1370 g/mol. The van der Waals surface area contributed by atoms with Crippen LogP contribution in [0.15, 0.2) is 345 Å². The second kappa shape index (κ2) is 45.5. The van der Waals surface area contributed by atoms with Crippen molar-refractivity contribution in [2.24, 2.45) is 0 Å². The molecule has 0 aliphatic carbocycles. The van der Waals surface area contributed by atoms with E-state index < -0.39 is 0 Å². The van der Waals surface area contributed by atoms with Gasteiger partial charge in [-0.25, -0.2) is 0 Å². The third-order valence-electron chi connectivity index (χ3n) is 16.9. The normalized spacial score (nSPS) is 11.1. The summed E-state index contributed by atoms with van der Waals surface area (Å²) in [7, 11) is 4.78. The number of rotatable bonds is 22. The SMILES string of the molecule is CCCC[S+](CCCC)CCCC.COc1c(C)cc([S+](c2ccccc2)c2ccccc2)cc1C.COc1ccc([S+](c2ccccc2)c2ccccc2)cc1.C[S+](C)C.C[S+](c1ccc(C(C)(C)C)cc1)c1ccc(C(C)(C)C)cc1.Cc1ccccc1[S+](c1ccccc1)c1ccccc1. The Morgan fingerprint density at radius 2 is 0.563 bits per heavy atom. The van der Waals surface area contributed by atoms with Crippen LogP contribution < -0.4 is 9.47 Å². The van der Waals surface area contributed by atoms with E-state index in [4.69, 9.17) is 9.47 Å². The van der Waals surface area contributed by atoms with Gasteiger partial charge in [0.1, 0.15) is 35.0 Å². The molecule has 0 spiro atoms. The van der Waals surface area contributed by atoms with Gasteiger partial charge in [-0.05, 0) is 222 Å². The fourth-order valence-corrected chi connectivity index (χ4v) is 21.9. The fraction of sp³-hybridized carbons (Fsp3) is 0.305. The Bertz CT molecular complexity index is 3830. The quantitative estimate of drug-likeness (QED) is 0.0630. The average Bonchev–Trinajstić information content (AvgIpc) is 0.817. The minimum Gasteiger partial charge on any atom is -0.497 e. The maximum absolute atomic E-state index is 5.52. The van der Waals surface area contributed by atoms with Crippen LogP contribution in [-0.2, 0) is 76.2 Å². The molecule has 0 N–H and O–H groups in total. The van der Waals surface area contributed by atoms with Gasteiger partial charge in [-0.1, -0.05) is 233 Å². The predicted molar refractivity (Wildman–Crippen MR) is 464 cm³/mol. The highest BCUT2D eigenvalue weighted by Crippen LogP contribution is 2.37. The summed E-state index contributed by atoms with van der Waals surface area (Å²) in [5.41, 5.74) is 6.97. The smallest absolute Gasteiger partial charge is 0.169 e. The molecule has 0 saturated heterocycles. The Labute approximate surface area is 642 Å². The zero-order valence-electron chi connectivity index (χ0n) is 65.3. The Balaban J connectivity index is 0.000000201. The van der Waals surface area contributed by atoms with Crippen molar-refractivity contribution in [2.45, 2.75) is 186 Å². The maximum atomic E-state index is 5.52. The maximum Gasteiger partial charge on any atom is 0.169 e. The molecule has 0 aliphatic heterocycles. The van der Waals surface area contributed by atoms with Crippen LogP contribution in [0, 0.1) is 20.8 Å². The van der Waals surface area contributed by atoms with Gasteiger partial charge >= 0.3 is 0 Å². The first-order valence-corrected chi connectivity index (χ1v) is 46.0. The summed E-state index contributed by atoms with van der Waals surface area (Å²) in [5, 5.41) is 0. The topological polar surface area (TPSA) is 18.5 Å². The van der Waals surface area contributed by atoms with E-state index in [1.807, 2.05) is 12.1 Å². The molecule has 0 unspecified atom stereocenters. The number of benzene rings is 11. The lowest BCUT2D eigenvalue weighted by Gasteiger charge is -2.19. The summed E-state index contributed by atoms with van der Waals surface area (Å²) in [5.74, 6) is 6.41. The Morgan fingerprint density at radius 3 is 0.845 bits per heavy atom. The van der Waals surface area contributed by atoms with Gasteiger partial charge in [0, 0.05) is 17.7 Å². The molecule has 11 rings (SSSR count). The van der Waals surface area contributed by atoms with Gasteiger partial charge in [-0.3, -0.25) is 0 Å². The molecule has 0 saturated carbocycles. The van der Waals surface area contributed by atoms with Crippen molar-refractivity contribution in [3.63, 3.8) is 0 Å². The molecule has 8 heteroatoms. The predicted octanol–water partition coefficient (Wildman–Crippen LogP) is 25.7. The van der Waals surface area contributed by atoms with Crippen LogP contribution in [0.3, 0.4) is 0 Å². The van der Waals surface area contributed by atoms with Crippen molar-refractivity contribution < 1.29 is 9.47 Å². The van der Waals surface area contributed by atoms with Gasteiger partial charge in [0.15, 0.2) is 53.9 Å². The monoisotopic (exact) mass is 1480 g/mol. The van der Waals surface area contributed by atoms with Crippen LogP contribution in [0.4, 0.5) is 0 Å². The summed E-state index contributed by atoms with van der Waals surface area (Å²) in [4.78, 5) is 14.9. The summed E-state index contributed by atoms with van der Waals surface area (Å²) in [6, 6.07) is 104. The van der Waals surface area contributed by atoms with Crippen molar-refractivity contribution in [2.75, 3.05) is 56.5 Å². The molecule has 0 fully saturated rings. The van der Waals surface area contributed by atoms with E-state index in [9.17, 15) is 0 Å². The molecular formula is C95H120O2S6+6. The van der Waals surface area contributed by atoms with E-state index in [0.29, 0.717) is 10.9 Å². The Hall–Kier alpha value is -6.88. The zero-order valence-corrected chi connectivity index (χ0v) is 70.2. The van der Waals surface area contributed by atoms with Gasteiger partial charge in [-0.2, -0.15) is 0 Å². The lowest BCUT2D eigenvalue weighted by Crippen LogP contribution is -2.16. The van der Waals surface area contributed by atoms with Crippen molar-refractivity contribution >= 4 is 65.4 Å². The molecule has 0 aliphatic rings. The summed E-state index contributed by atoms with van der Waals surface area (Å²) in [6.45, 7) is 26.9. The van der Waals surface area contributed by atoms with E-state index in [1.54, 1.807) is 14.2 Å². The Morgan fingerprint density at radius 1 is 0.291 bits per heavy atom. The number of hydrogen-bond donors (Lipinski definition) is 0. The summed E-state index contributed by atoms with van der Waals surface area (Å²) in [6.07, 6.45) is 17.4. The molecule has 0 bridgehead atoms. The van der Waals surface area contributed by atoms with Crippen molar-refractivity contribution in [1.29, 1.82) is 0 Å². The van der Waals surface area contributed by atoms with Crippen LogP contribution in [0.2, 0.25) is 0 Å². The molecule has 2 nitrogen and oxygen atoms in total. The summed E-state index contributed by atoms with van der Waals surface area (Å²) < 4.78 is 10.8. The molecule has 0 heterocycles. The highest BCUT2D eigenvalue weighted by Gasteiger charge is 2.32. The molecule has 11 aromatic carbocycles. The van der Waals surface area contributed by atoms with E-state index >= 15 is 0 Å². The van der Waals surface area contributed by atoms with E-state index in [-0.39, 0.29) is 54.4 Å². The molecule has 0 aromatic heterocycles. The average molecular weight is 1490 g/mol. The first kappa shape index (κ1) is 85.1. The first-order chi connectivity index (χ1) is 49.6. The molecule has 11 aromatic rings. The zero-order chi connectivity index (χ0) is 74.6. The van der Waals surface area contributed by atoms with E-state index in [1.165, 1.54) is 137 Å². The third kappa shape index (κ3) is 28.5. The summed E-state index contributed by atoms with van der Waals surface area (Å²) >= 11 is 0. The Kier molecular flexibility index (Phi) is 37.6. The largest absolute Gasteiger partial charge is 0.497 e. The molecule has 542 valence electrons. The number of ether oxygens (including phenoxy) is 2. The van der Waals surface area contributed by atoms with Crippen molar-refractivity contribution in [3.05, 3.63) is 319 Å². The van der Waals surface area contributed by atoms with Crippen LogP contribution in [0.5, 0.6) is 11.5 Å². The fourth-order valence-electron chi connectivity index (χ4n) is 11.2. The van der Waals surface area contributed by atoms with Crippen LogP contribution in [0.1, 0.15) is 129 Å². The van der Waals surface area contributed by atoms with Crippen LogP contribution in [-0.4, -0.2) is 56.5 Å². The van der Waals surface area contributed by atoms with Gasteiger partial charge in [-0.15, -0.1) is 0 Å². The molecule has 0 radical (unpaired) electrons. The number of hydrogen-bond acceptors (Lipinski definition) is 2. The minimum atomic E-state index is -0.101.